The summed E-state index contributed by atoms with van der Waals surface area (Å²) in [6.07, 6.45) is 0. The number of nitrogens with zero attached hydrogens (tertiary/aromatic N) is 1. The van der Waals surface area contributed by atoms with Crippen LogP contribution in [0.5, 0.6) is 0 Å². The van der Waals surface area contributed by atoms with Gasteiger partial charge in [0.1, 0.15) is 0 Å². The average molecular weight is 344 g/mol. The molecular weight excluding hydrogens is 334 g/mol. The zero-order valence-corrected chi connectivity index (χ0v) is 12.4. The highest BCUT2D eigenvalue weighted by Crippen LogP contribution is 2.32. The molecule has 104 valence electrons. The van der Waals surface area contributed by atoms with Crippen LogP contribution in [0, 0.1) is 0 Å². The summed E-state index contributed by atoms with van der Waals surface area (Å²) in [6, 6.07) is 15.4. The molecule has 1 N–H and O–H groups in total. The van der Waals surface area contributed by atoms with Crippen molar-refractivity contribution in [3.05, 3.63) is 70.4 Å². The van der Waals surface area contributed by atoms with E-state index in [4.69, 9.17) is 0 Å². The maximum atomic E-state index is 12.5. The number of hydrogen-bond donors (Lipinski definition) is 1. The van der Waals surface area contributed by atoms with E-state index in [0.29, 0.717) is 11.3 Å². The van der Waals surface area contributed by atoms with Crippen LogP contribution in [0.25, 0.3) is 5.57 Å². The molecule has 5 heteroatoms. The molecule has 0 bridgehead atoms. The van der Waals surface area contributed by atoms with Gasteiger partial charge >= 0.3 is 5.91 Å². The number of aliphatic hydroxyl groups excluding tert-OH is 1. The van der Waals surface area contributed by atoms with Crippen LogP contribution in [0.3, 0.4) is 0 Å². The summed E-state index contributed by atoms with van der Waals surface area (Å²) in [7, 11) is 0. The molecule has 21 heavy (non-hydrogen) atoms. The van der Waals surface area contributed by atoms with Crippen LogP contribution in [-0.4, -0.2) is 16.9 Å². The highest BCUT2D eigenvalue weighted by molar-refractivity contribution is 9.10. The van der Waals surface area contributed by atoms with Crippen molar-refractivity contribution in [3.8, 4) is 0 Å². The predicted molar refractivity (Wildman–Crippen MR) is 82.6 cm³/mol. The predicted octanol–water partition coefficient (Wildman–Crippen LogP) is 3.29. The Morgan fingerprint density at radius 2 is 1.48 bits per heavy atom. The Hall–Kier alpha value is -2.40. The summed E-state index contributed by atoms with van der Waals surface area (Å²) >= 11 is 3.30. The first-order chi connectivity index (χ1) is 10.1. The molecule has 0 aliphatic carbocycles. The normalized spacial score (nSPS) is 15.0. The molecule has 4 nitrogen and oxygen atoms in total. The Morgan fingerprint density at radius 3 is 2.10 bits per heavy atom. The lowest BCUT2D eigenvalue weighted by Gasteiger charge is -2.14. The standard InChI is InChI=1S/C16H10BrNO3/c17-11-6-8-12(9-7-11)18-15(20)13(14(19)16(18)21)10-4-2-1-3-5-10/h1-9,19H. The summed E-state index contributed by atoms with van der Waals surface area (Å²) in [5, 5.41) is 10.0. The highest BCUT2D eigenvalue weighted by atomic mass is 79.9. The molecule has 0 atom stereocenters. The third-order valence-electron chi connectivity index (χ3n) is 3.21. The molecule has 2 aromatic rings. The number of halogens is 1. The average Bonchev–Trinajstić information content (AvgIpc) is 2.72. The Kier molecular flexibility index (Phi) is 3.35. The van der Waals surface area contributed by atoms with Gasteiger partial charge in [0.25, 0.3) is 5.91 Å². The number of carbonyl (C=O) groups excluding carboxylic acids is 2. The molecule has 2 aromatic carbocycles. The molecule has 1 aliphatic rings. The molecule has 1 heterocycles. The topological polar surface area (TPSA) is 57.6 Å². The molecule has 0 unspecified atom stereocenters. The lowest BCUT2D eigenvalue weighted by molar-refractivity contribution is -0.121. The third-order valence-corrected chi connectivity index (χ3v) is 3.74. The summed E-state index contributed by atoms with van der Waals surface area (Å²) in [6.45, 7) is 0. The molecule has 1 aliphatic heterocycles. The van der Waals surface area contributed by atoms with Gasteiger partial charge in [-0.2, -0.15) is 0 Å². The maximum absolute atomic E-state index is 12.5. The zero-order valence-electron chi connectivity index (χ0n) is 10.8. The Bertz CT molecular complexity index is 751. The second-order valence-electron chi connectivity index (χ2n) is 4.51. The number of hydrogen-bond acceptors (Lipinski definition) is 3. The van der Waals surface area contributed by atoms with Gasteiger partial charge in [0.15, 0.2) is 5.76 Å². The third kappa shape index (κ3) is 2.25. The minimum Gasteiger partial charge on any atom is -0.502 e. The van der Waals surface area contributed by atoms with E-state index in [-0.39, 0.29) is 5.57 Å². The second-order valence-corrected chi connectivity index (χ2v) is 5.43. The number of amides is 2. The van der Waals surface area contributed by atoms with Gasteiger partial charge in [0.05, 0.1) is 11.3 Å². The van der Waals surface area contributed by atoms with Crippen molar-refractivity contribution < 1.29 is 14.7 Å². The number of benzene rings is 2. The van der Waals surface area contributed by atoms with Crippen molar-refractivity contribution in [2.75, 3.05) is 4.90 Å². The van der Waals surface area contributed by atoms with Crippen molar-refractivity contribution in [1.82, 2.24) is 0 Å². The lowest BCUT2D eigenvalue weighted by atomic mass is 10.1. The van der Waals surface area contributed by atoms with Crippen molar-refractivity contribution in [2.45, 2.75) is 0 Å². The molecule has 2 amide bonds. The lowest BCUT2D eigenvalue weighted by Crippen LogP contribution is -2.31. The van der Waals surface area contributed by atoms with Crippen LogP contribution < -0.4 is 4.90 Å². The fourth-order valence-electron chi connectivity index (χ4n) is 2.21. The SMILES string of the molecule is O=C1C(O)=C(c2ccccc2)C(=O)N1c1ccc(Br)cc1. The fourth-order valence-corrected chi connectivity index (χ4v) is 2.47. The number of anilines is 1. The van der Waals surface area contributed by atoms with E-state index >= 15 is 0 Å². The fraction of sp³-hybridized carbons (Fsp3) is 0. The first-order valence-corrected chi connectivity index (χ1v) is 7.02. The quantitative estimate of drug-likeness (QED) is 0.851. The van der Waals surface area contributed by atoms with E-state index in [9.17, 15) is 14.7 Å². The molecule has 0 saturated carbocycles. The van der Waals surface area contributed by atoms with Gasteiger partial charge < -0.3 is 5.11 Å². The van der Waals surface area contributed by atoms with Crippen molar-refractivity contribution >= 4 is 39.0 Å². The van der Waals surface area contributed by atoms with Gasteiger partial charge in [-0.15, -0.1) is 0 Å². The molecule has 0 aromatic heterocycles. The minimum atomic E-state index is -0.707. The van der Waals surface area contributed by atoms with Crippen LogP contribution in [0.15, 0.2) is 64.8 Å². The molecule has 0 saturated heterocycles. The van der Waals surface area contributed by atoms with Gasteiger partial charge in [-0.05, 0) is 29.8 Å². The van der Waals surface area contributed by atoms with Gasteiger partial charge in [0, 0.05) is 4.47 Å². The van der Waals surface area contributed by atoms with Crippen LogP contribution in [0.1, 0.15) is 5.56 Å². The number of rotatable bonds is 2. The monoisotopic (exact) mass is 343 g/mol. The summed E-state index contributed by atoms with van der Waals surface area (Å²) in [5.41, 5.74) is 0.974. The van der Waals surface area contributed by atoms with E-state index in [1.165, 1.54) is 0 Å². The summed E-state index contributed by atoms with van der Waals surface area (Å²) in [5.74, 6) is -1.75. The summed E-state index contributed by atoms with van der Waals surface area (Å²) < 4.78 is 0.839. The number of imide groups is 1. The first kappa shape index (κ1) is 13.6. The van der Waals surface area contributed by atoms with Crippen molar-refractivity contribution in [1.29, 1.82) is 0 Å². The highest BCUT2D eigenvalue weighted by Gasteiger charge is 2.40. The largest absolute Gasteiger partial charge is 0.502 e. The Balaban J connectivity index is 2.04. The van der Waals surface area contributed by atoms with Gasteiger partial charge in [-0.1, -0.05) is 46.3 Å². The van der Waals surface area contributed by atoms with E-state index in [1.54, 1.807) is 54.6 Å². The van der Waals surface area contributed by atoms with Gasteiger partial charge in [-0.25, -0.2) is 4.90 Å². The number of carbonyl (C=O) groups is 2. The maximum Gasteiger partial charge on any atom is 0.301 e. The number of aliphatic hydroxyl groups is 1. The smallest absolute Gasteiger partial charge is 0.301 e. The second kappa shape index (κ2) is 5.18. The minimum absolute atomic E-state index is 0.0310. The molecular formula is C16H10BrNO3. The van der Waals surface area contributed by atoms with E-state index in [2.05, 4.69) is 15.9 Å². The molecule has 0 spiro atoms. The van der Waals surface area contributed by atoms with Crippen molar-refractivity contribution in [3.63, 3.8) is 0 Å². The van der Waals surface area contributed by atoms with Gasteiger partial charge in [0.2, 0.25) is 0 Å². The Labute approximate surface area is 129 Å². The molecule has 0 radical (unpaired) electrons. The van der Waals surface area contributed by atoms with Crippen LogP contribution >= 0.6 is 15.9 Å². The molecule has 3 rings (SSSR count). The van der Waals surface area contributed by atoms with Gasteiger partial charge in [-0.3, -0.25) is 9.59 Å². The zero-order chi connectivity index (χ0) is 15.0. The van der Waals surface area contributed by atoms with Crippen LogP contribution in [-0.2, 0) is 9.59 Å². The summed E-state index contributed by atoms with van der Waals surface area (Å²) in [4.78, 5) is 25.6. The first-order valence-electron chi connectivity index (χ1n) is 6.22. The van der Waals surface area contributed by atoms with Crippen LogP contribution in [0.2, 0.25) is 0 Å². The van der Waals surface area contributed by atoms with E-state index < -0.39 is 17.6 Å². The van der Waals surface area contributed by atoms with E-state index in [0.717, 1.165) is 9.37 Å². The van der Waals surface area contributed by atoms with Crippen molar-refractivity contribution in [2.24, 2.45) is 0 Å². The van der Waals surface area contributed by atoms with Crippen LogP contribution in [0.4, 0.5) is 5.69 Å². The Morgan fingerprint density at radius 1 is 0.857 bits per heavy atom. The molecule has 0 fully saturated rings. The van der Waals surface area contributed by atoms with E-state index in [1.807, 2.05) is 0 Å².